The molecule has 0 aliphatic carbocycles. The molecule has 0 bridgehead atoms. The second-order valence-corrected chi connectivity index (χ2v) is 12.3. The van der Waals surface area contributed by atoms with Gasteiger partial charge in [0.15, 0.2) is 0 Å². The highest BCUT2D eigenvalue weighted by atomic mass is 15.0. The number of rotatable bonds is 4. The predicted molar refractivity (Wildman–Crippen MR) is 200 cm³/mol. The summed E-state index contributed by atoms with van der Waals surface area (Å²) in [7, 11) is 0. The van der Waals surface area contributed by atoms with Gasteiger partial charge in [-0.2, -0.15) is 15.8 Å². The number of hydrogen-bond acceptors (Lipinski definition) is 3. The number of nitrogens with zero attached hydrogens (tertiary/aromatic N) is 5. The first-order valence-electron chi connectivity index (χ1n) is 16.3. The zero-order valence-electron chi connectivity index (χ0n) is 26.7. The first-order chi connectivity index (χ1) is 24.7. The minimum Gasteiger partial charge on any atom is -0.309 e. The fourth-order valence-electron chi connectivity index (χ4n) is 7.49. The Morgan fingerprint density at radius 1 is 0.400 bits per heavy atom. The molecule has 0 spiro atoms. The van der Waals surface area contributed by atoms with Gasteiger partial charge in [-0.25, -0.2) is 0 Å². The SMILES string of the molecule is N#Cc1ccc2c(c1)c1cc(C#N)ccc1n2-c1cccc(C#N)c1-c1ccccc1-c1cccc(-n2c3ccccc3c3ccccc32)c1. The Hall–Kier alpha value is -7.39. The fraction of sp³-hybridized carbons (Fsp3) is 0. The summed E-state index contributed by atoms with van der Waals surface area (Å²) < 4.78 is 4.46. The van der Waals surface area contributed by atoms with E-state index in [0.29, 0.717) is 16.7 Å². The summed E-state index contributed by atoms with van der Waals surface area (Å²) in [6.45, 7) is 0. The van der Waals surface area contributed by atoms with Crippen molar-refractivity contribution in [2.75, 3.05) is 0 Å². The van der Waals surface area contributed by atoms with Crippen LogP contribution in [0.3, 0.4) is 0 Å². The molecule has 0 aliphatic rings. The lowest BCUT2D eigenvalue weighted by molar-refractivity contribution is 1.18. The zero-order chi connectivity index (χ0) is 33.8. The van der Waals surface area contributed by atoms with E-state index in [1.54, 1.807) is 0 Å². The molecular formula is C45H25N5. The molecule has 9 rings (SSSR count). The van der Waals surface area contributed by atoms with Crippen LogP contribution in [0.4, 0.5) is 0 Å². The Kier molecular flexibility index (Phi) is 6.56. The molecule has 7 aromatic carbocycles. The molecule has 2 heterocycles. The van der Waals surface area contributed by atoms with Gasteiger partial charge in [-0.15, -0.1) is 0 Å². The van der Waals surface area contributed by atoms with Gasteiger partial charge in [0.1, 0.15) is 0 Å². The predicted octanol–water partition coefficient (Wildman–Crippen LogP) is 10.8. The molecule has 0 radical (unpaired) electrons. The third-order valence-electron chi connectivity index (χ3n) is 9.62. The van der Waals surface area contributed by atoms with Crippen LogP contribution in [-0.4, -0.2) is 9.13 Å². The maximum atomic E-state index is 10.6. The lowest BCUT2D eigenvalue weighted by atomic mass is 9.90. The molecule has 0 saturated heterocycles. The minimum atomic E-state index is 0.540. The number of hydrogen-bond donors (Lipinski definition) is 0. The second-order valence-electron chi connectivity index (χ2n) is 12.3. The van der Waals surface area contributed by atoms with E-state index in [4.69, 9.17) is 0 Å². The highest BCUT2D eigenvalue weighted by Gasteiger charge is 2.21. The maximum Gasteiger partial charge on any atom is 0.0998 e. The molecule has 0 fully saturated rings. The van der Waals surface area contributed by atoms with Gasteiger partial charge in [0.25, 0.3) is 0 Å². The van der Waals surface area contributed by atoms with Crippen LogP contribution in [0, 0.1) is 34.0 Å². The molecule has 2 aromatic heterocycles. The van der Waals surface area contributed by atoms with E-state index in [-0.39, 0.29) is 0 Å². The molecule has 0 aliphatic heterocycles. The average molecular weight is 636 g/mol. The van der Waals surface area contributed by atoms with E-state index in [2.05, 4.69) is 112 Å². The van der Waals surface area contributed by atoms with E-state index >= 15 is 0 Å². The minimum absolute atomic E-state index is 0.540. The molecule has 230 valence electrons. The van der Waals surface area contributed by atoms with Crippen molar-refractivity contribution in [2.24, 2.45) is 0 Å². The standard InChI is InChI=1S/C45H25N5/c46-26-29-19-21-42-38(23-29)39-24-30(27-47)20-22-43(39)50(42)44-18-8-10-32(28-48)45(44)37-15-2-1-12-34(37)31-9-7-11-33(25-31)49-40-16-5-3-13-35(40)36-14-4-6-17-41(36)49/h1-25H. The smallest absolute Gasteiger partial charge is 0.0998 e. The van der Waals surface area contributed by atoms with Gasteiger partial charge in [-0.1, -0.05) is 78.9 Å². The summed E-state index contributed by atoms with van der Waals surface area (Å²) in [5.41, 5.74) is 11.3. The number of nitriles is 3. The van der Waals surface area contributed by atoms with Crippen molar-refractivity contribution in [3.63, 3.8) is 0 Å². The van der Waals surface area contributed by atoms with Crippen molar-refractivity contribution in [3.8, 4) is 51.8 Å². The van der Waals surface area contributed by atoms with Crippen LogP contribution in [0.25, 0.3) is 77.2 Å². The van der Waals surface area contributed by atoms with E-state index in [9.17, 15) is 15.8 Å². The monoisotopic (exact) mass is 635 g/mol. The quantitative estimate of drug-likeness (QED) is 0.193. The van der Waals surface area contributed by atoms with Crippen LogP contribution in [0.15, 0.2) is 152 Å². The molecule has 5 heteroatoms. The van der Waals surface area contributed by atoms with E-state index in [0.717, 1.165) is 66.5 Å². The number of aromatic nitrogens is 2. The summed E-state index contributed by atoms with van der Waals surface area (Å²) in [5, 5.41) is 34.2. The molecule has 0 atom stereocenters. The van der Waals surface area contributed by atoms with Gasteiger partial charge >= 0.3 is 0 Å². The summed E-state index contributed by atoms with van der Waals surface area (Å²) in [5.74, 6) is 0. The van der Waals surface area contributed by atoms with Gasteiger partial charge in [0.05, 0.1) is 62.7 Å². The summed E-state index contributed by atoms with van der Waals surface area (Å²) in [6, 6.07) is 57.9. The maximum absolute atomic E-state index is 10.6. The largest absolute Gasteiger partial charge is 0.309 e. The lowest BCUT2D eigenvalue weighted by Crippen LogP contribution is -2.01. The number of benzene rings is 7. The van der Waals surface area contributed by atoms with Gasteiger partial charge in [0, 0.05) is 32.8 Å². The second kappa shape index (κ2) is 11.4. The Morgan fingerprint density at radius 2 is 0.960 bits per heavy atom. The molecule has 0 saturated carbocycles. The molecule has 0 amide bonds. The number of para-hydroxylation sites is 2. The first-order valence-corrected chi connectivity index (χ1v) is 16.3. The Balaban J connectivity index is 1.30. The van der Waals surface area contributed by atoms with Crippen LogP contribution in [-0.2, 0) is 0 Å². The van der Waals surface area contributed by atoms with Crippen molar-refractivity contribution >= 4 is 43.6 Å². The average Bonchev–Trinajstić information content (AvgIpc) is 3.69. The molecule has 50 heavy (non-hydrogen) atoms. The van der Waals surface area contributed by atoms with Crippen LogP contribution in [0.2, 0.25) is 0 Å². The highest BCUT2D eigenvalue weighted by Crippen LogP contribution is 2.42. The molecular weight excluding hydrogens is 611 g/mol. The van der Waals surface area contributed by atoms with E-state index in [1.807, 2.05) is 66.7 Å². The molecule has 0 unspecified atom stereocenters. The van der Waals surface area contributed by atoms with Crippen molar-refractivity contribution < 1.29 is 0 Å². The summed E-state index contributed by atoms with van der Waals surface area (Å²) >= 11 is 0. The number of fused-ring (bicyclic) bond motifs is 6. The Labute approximate surface area is 287 Å². The molecule has 9 aromatic rings. The normalized spacial score (nSPS) is 11.1. The summed E-state index contributed by atoms with van der Waals surface area (Å²) in [4.78, 5) is 0. The third kappa shape index (κ3) is 4.31. The first kappa shape index (κ1) is 28.8. The van der Waals surface area contributed by atoms with Crippen molar-refractivity contribution in [3.05, 3.63) is 168 Å². The van der Waals surface area contributed by atoms with Crippen molar-refractivity contribution in [1.82, 2.24) is 9.13 Å². The van der Waals surface area contributed by atoms with Crippen LogP contribution >= 0.6 is 0 Å². The Morgan fingerprint density at radius 3 is 1.58 bits per heavy atom. The van der Waals surface area contributed by atoms with Crippen molar-refractivity contribution in [1.29, 1.82) is 15.8 Å². The molecule has 0 N–H and O–H groups in total. The van der Waals surface area contributed by atoms with Crippen LogP contribution in [0.5, 0.6) is 0 Å². The van der Waals surface area contributed by atoms with Crippen LogP contribution in [0.1, 0.15) is 16.7 Å². The van der Waals surface area contributed by atoms with Crippen molar-refractivity contribution in [2.45, 2.75) is 0 Å². The lowest BCUT2D eigenvalue weighted by Gasteiger charge is -2.19. The van der Waals surface area contributed by atoms with Crippen LogP contribution < -0.4 is 0 Å². The zero-order valence-corrected chi connectivity index (χ0v) is 26.7. The third-order valence-corrected chi connectivity index (χ3v) is 9.62. The Bertz CT molecular complexity index is 2850. The van der Waals surface area contributed by atoms with Gasteiger partial charge in [0.2, 0.25) is 0 Å². The van der Waals surface area contributed by atoms with Gasteiger partial charge in [-0.3, -0.25) is 0 Å². The topological polar surface area (TPSA) is 81.2 Å². The molecule has 5 nitrogen and oxygen atoms in total. The van der Waals surface area contributed by atoms with E-state index < -0.39 is 0 Å². The van der Waals surface area contributed by atoms with E-state index in [1.165, 1.54) is 10.8 Å². The van der Waals surface area contributed by atoms with Gasteiger partial charge < -0.3 is 9.13 Å². The van der Waals surface area contributed by atoms with Gasteiger partial charge in [-0.05, 0) is 89.5 Å². The summed E-state index contributed by atoms with van der Waals surface area (Å²) in [6.07, 6.45) is 0. The highest BCUT2D eigenvalue weighted by molar-refractivity contribution is 6.11. The fourth-order valence-corrected chi connectivity index (χ4v) is 7.49.